The molecule has 1 aliphatic rings. The van der Waals surface area contributed by atoms with Gasteiger partial charge in [0.25, 0.3) is 5.91 Å². The highest BCUT2D eigenvalue weighted by Gasteiger charge is 2.26. The average Bonchev–Trinajstić information content (AvgIpc) is 2.91. The summed E-state index contributed by atoms with van der Waals surface area (Å²) in [6, 6.07) is 5.96. The number of benzene rings is 1. The topological polar surface area (TPSA) is 97.6 Å². The minimum atomic E-state index is -1.01. The van der Waals surface area contributed by atoms with E-state index in [-0.39, 0.29) is 17.6 Å². The van der Waals surface area contributed by atoms with Gasteiger partial charge in [-0.05, 0) is 38.1 Å². The van der Waals surface area contributed by atoms with Crippen LogP contribution in [0.4, 0.5) is 0 Å². The second-order valence-electron chi connectivity index (χ2n) is 6.01. The Hall–Kier alpha value is -2.74. The number of ether oxygens (including phenoxy) is 1. The van der Waals surface area contributed by atoms with E-state index in [1.54, 1.807) is 21.7 Å². The first kappa shape index (κ1) is 17.1. The van der Waals surface area contributed by atoms with Crippen LogP contribution < -0.4 is 0 Å². The Morgan fingerprint density at radius 3 is 2.52 bits per heavy atom. The SMILES string of the molecule is Cc1nc(C)n(CC2CN(C(=O)c3ccc(C(=O)O)cc3)CCO2)n1. The third kappa shape index (κ3) is 3.85. The number of hydrogen-bond donors (Lipinski definition) is 1. The molecule has 8 nitrogen and oxygen atoms in total. The highest BCUT2D eigenvalue weighted by molar-refractivity contribution is 5.96. The van der Waals surface area contributed by atoms with Gasteiger partial charge in [0.15, 0.2) is 0 Å². The number of morpholine rings is 1. The molecule has 8 heteroatoms. The van der Waals surface area contributed by atoms with Gasteiger partial charge < -0.3 is 14.7 Å². The standard InChI is InChI=1S/C17H20N4O4/c1-11-18-12(2)21(19-11)10-15-9-20(7-8-25-15)16(22)13-3-5-14(6-4-13)17(23)24/h3-6,15H,7-10H2,1-2H3,(H,23,24). The van der Waals surface area contributed by atoms with Crippen molar-refractivity contribution in [1.29, 1.82) is 0 Å². The lowest BCUT2D eigenvalue weighted by Gasteiger charge is -2.33. The van der Waals surface area contributed by atoms with Crippen LogP contribution in [0.15, 0.2) is 24.3 Å². The molecule has 132 valence electrons. The van der Waals surface area contributed by atoms with Crippen molar-refractivity contribution in [1.82, 2.24) is 19.7 Å². The Kier molecular flexibility index (Phi) is 4.80. The van der Waals surface area contributed by atoms with E-state index in [1.165, 1.54) is 12.1 Å². The Morgan fingerprint density at radius 2 is 1.92 bits per heavy atom. The van der Waals surface area contributed by atoms with Gasteiger partial charge in [-0.25, -0.2) is 14.5 Å². The Labute approximate surface area is 145 Å². The molecule has 1 amide bonds. The van der Waals surface area contributed by atoms with Gasteiger partial charge >= 0.3 is 5.97 Å². The molecular formula is C17H20N4O4. The Balaban J connectivity index is 1.67. The van der Waals surface area contributed by atoms with E-state index in [1.807, 2.05) is 13.8 Å². The number of carbonyl (C=O) groups is 2. The molecule has 1 aromatic heterocycles. The first-order chi connectivity index (χ1) is 11.9. The number of aromatic nitrogens is 3. The normalized spacial score (nSPS) is 17.5. The van der Waals surface area contributed by atoms with E-state index in [2.05, 4.69) is 10.1 Å². The number of amides is 1. The number of hydrogen-bond acceptors (Lipinski definition) is 5. The first-order valence-electron chi connectivity index (χ1n) is 8.06. The van der Waals surface area contributed by atoms with Crippen LogP contribution in [0.1, 0.15) is 32.4 Å². The molecule has 1 N–H and O–H groups in total. The van der Waals surface area contributed by atoms with Crippen LogP contribution in [0.2, 0.25) is 0 Å². The molecule has 0 spiro atoms. The van der Waals surface area contributed by atoms with E-state index in [4.69, 9.17) is 9.84 Å². The summed E-state index contributed by atoms with van der Waals surface area (Å²) in [6.45, 7) is 5.67. The van der Waals surface area contributed by atoms with Crippen molar-refractivity contribution in [2.24, 2.45) is 0 Å². The molecule has 1 atom stereocenters. The monoisotopic (exact) mass is 344 g/mol. The van der Waals surface area contributed by atoms with Crippen LogP contribution >= 0.6 is 0 Å². The highest BCUT2D eigenvalue weighted by Crippen LogP contribution is 2.13. The quantitative estimate of drug-likeness (QED) is 0.893. The Bertz CT molecular complexity index is 784. The van der Waals surface area contributed by atoms with Gasteiger partial charge in [-0.1, -0.05) is 0 Å². The van der Waals surface area contributed by atoms with Gasteiger partial charge in [0.05, 0.1) is 24.8 Å². The van der Waals surface area contributed by atoms with E-state index < -0.39 is 5.97 Å². The van der Waals surface area contributed by atoms with Crippen LogP contribution in [-0.2, 0) is 11.3 Å². The van der Waals surface area contributed by atoms with E-state index in [0.29, 0.717) is 37.6 Å². The predicted molar refractivity (Wildman–Crippen MR) is 88.5 cm³/mol. The van der Waals surface area contributed by atoms with Crippen molar-refractivity contribution in [2.75, 3.05) is 19.7 Å². The molecule has 1 fully saturated rings. The largest absolute Gasteiger partial charge is 0.478 e. The van der Waals surface area contributed by atoms with Gasteiger partial charge in [0.2, 0.25) is 0 Å². The molecule has 0 radical (unpaired) electrons. The van der Waals surface area contributed by atoms with Gasteiger partial charge in [-0.2, -0.15) is 5.10 Å². The molecule has 0 bridgehead atoms. The maximum Gasteiger partial charge on any atom is 0.335 e. The van der Waals surface area contributed by atoms with E-state index in [0.717, 1.165) is 5.82 Å². The summed E-state index contributed by atoms with van der Waals surface area (Å²) in [4.78, 5) is 29.5. The lowest BCUT2D eigenvalue weighted by molar-refractivity contribution is -0.0303. The zero-order valence-corrected chi connectivity index (χ0v) is 14.2. The number of aryl methyl sites for hydroxylation is 2. The Morgan fingerprint density at radius 1 is 1.24 bits per heavy atom. The number of aromatic carboxylic acids is 1. The van der Waals surface area contributed by atoms with Crippen LogP contribution in [0.3, 0.4) is 0 Å². The summed E-state index contributed by atoms with van der Waals surface area (Å²) in [5.74, 6) is 0.384. The summed E-state index contributed by atoms with van der Waals surface area (Å²) in [7, 11) is 0. The minimum Gasteiger partial charge on any atom is -0.478 e. The molecule has 0 aliphatic carbocycles. The second kappa shape index (κ2) is 7.02. The first-order valence-corrected chi connectivity index (χ1v) is 8.06. The van der Waals surface area contributed by atoms with Crippen molar-refractivity contribution < 1.29 is 19.4 Å². The van der Waals surface area contributed by atoms with E-state index >= 15 is 0 Å². The summed E-state index contributed by atoms with van der Waals surface area (Å²) < 4.78 is 7.54. The lowest BCUT2D eigenvalue weighted by Crippen LogP contribution is -2.47. The summed E-state index contributed by atoms with van der Waals surface area (Å²) >= 11 is 0. The highest BCUT2D eigenvalue weighted by atomic mass is 16.5. The summed E-state index contributed by atoms with van der Waals surface area (Å²) in [5.41, 5.74) is 0.631. The van der Waals surface area contributed by atoms with Gasteiger partial charge in [0.1, 0.15) is 11.6 Å². The molecule has 1 saturated heterocycles. The number of carbonyl (C=O) groups excluding carboxylic acids is 1. The van der Waals surface area contributed by atoms with Gasteiger partial charge in [-0.3, -0.25) is 4.79 Å². The van der Waals surface area contributed by atoms with Crippen LogP contribution in [0, 0.1) is 13.8 Å². The fourth-order valence-corrected chi connectivity index (χ4v) is 2.88. The van der Waals surface area contributed by atoms with Gasteiger partial charge in [-0.15, -0.1) is 0 Å². The molecule has 1 aliphatic heterocycles. The maximum absolute atomic E-state index is 12.6. The number of rotatable bonds is 4. The van der Waals surface area contributed by atoms with Gasteiger partial charge in [0, 0.05) is 18.7 Å². The smallest absolute Gasteiger partial charge is 0.335 e. The van der Waals surface area contributed by atoms with Crippen LogP contribution in [-0.4, -0.2) is 62.4 Å². The van der Waals surface area contributed by atoms with Crippen molar-refractivity contribution in [3.05, 3.63) is 47.0 Å². The molecule has 1 unspecified atom stereocenters. The fraction of sp³-hybridized carbons (Fsp3) is 0.412. The number of carboxylic acids is 1. The zero-order valence-electron chi connectivity index (χ0n) is 14.2. The average molecular weight is 344 g/mol. The molecule has 1 aromatic carbocycles. The summed E-state index contributed by atoms with van der Waals surface area (Å²) in [6.07, 6.45) is -0.157. The van der Waals surface area contributed by atoms with Crippen molar-refractivity contribution in [3.63, 3.8) is 0 Å². The molecule has 25 heavy (non-hydrogen) atoms. The summed E-state index contributed by atoms with van der Waals surface area (Å²) in [5, 5.41) is 13.3. The zero-order chi connectivity index (χ0) is 18.0. The second-order valence-corrected chi connectivity index (χ2v) is 6.01. The third-order valence-corrected chi connectivity index (χ3v) is 4.14. The van der Waals surface area contributed by atoms with Crippen molar-refractivity contribution >= 4 is 11.9 Å². The van der Waals surface area contributed by atoms with Crippen LogP contribution in [0.5, 0.6) is 0 Å². The molecule has 2 aromatic rings. The molecular weight excluding hydrogens is 324 g/mol. The third-order valence-electron chi connectivity index (χ3n) is 4.14. The molecule has 2 heterocycles. The van der Waals surface area contributed by atoms with Crippen molar-refractivity contribution in [2.45, 2.75) is 26.5 Å². The number of nitrogens with zero attached hydrogens (tertiary/aromatic N) is 4. The minimum absolute atomic E-state index is 0.128. The lowest BCUT2D eigenvalue weighted by atomic mass is 10.1. The predicted octanol–water partition coefficient (Wildman–Crippen LogP) is 1.13. The van der Waals surface area contributed by atoms with Crippen LogP contribution in [0.25, 0.3) is 0 Å². The molecule has 0 saturated carbocycles. The van der Waals surface area contributed by atoms with Crippen molar-refractivity contribution in [3.8, 4) is 0 Å². The molecule has 3 rings (SSSR count). The maximum atomic E-state index is 12.6. The fourth-order valence-electron chi connectivity index (χ4n) is 2.88. The van der Waals surface area contributed by atoms with E-state index in [9.17, 15) is 9.59 Å². The number of carboxylic acid groups (broad SMARTS) is 1.